The summed E-state index contributed by atoms with van der Waals surface area (Å²) in [5, 5.41) is 9.11. The van der Waals surface area contributed by atoms with Gasteiger partial charge < -0.3 is 14.7 Å². The molecule has 2 heterocycles. The van der Waals surface area contributed by atoms with Gasteiger partial charge in [-0.15, -0.1) is 0 Å². The Morgan fingerprint density at radius 2 is 2.18 bits per heavy atom. The Morgan fingerprint density at radius 1 is 1.35 bits per heavy atom. The number of carboxylic acids is 1. The number of carbonyl (C=O) groups is 2. The van der Waals surface area contributed by atoms with E-state index in [1.165, 1.54) is 4.90 Å². The van der Waals surface area contributed by atoms with E-state index in [0.29, 0.717) is 18.9 Å². The Morgan fingerprint density at radius 3 is 2.82 bits per heavy atom. The van der Waals surface area contributed by atoms with Crippen LogP contribution in [0, 0.1) is 0 Å². The lowest BCUT2D eigenvalue weighted by atomic mass is 10.1. The predicted octanol–water partition coefficient (Wildman–Crippen LogP) is 0.584. The van der Waals surface area contributed by atoms with E-state index in [0.717, 1.165) is 25.0 Å². The van der Waals surface area contributed by atoms with Crippen molar-refractivity contribution in [1.82, 2.24) is 4.90 Å². The summed E-state index contributed by atoms with van der Waals surface area (Å²) in [6.07, 6.45) is 2.27. The third-order valence-corrected chi connectivity index (χ3v) is 4.17. The number of hydrogen-bond acceptors (Lipinski definition) is 4. The monoisotopic (exact) mass is 259 g/mol. The van der Waals surface area contributed by atoms with Gasteiger partial charge in [-0.05, 0) is 19.3 Å². The molecule has 2 aliphatic heterocycles. The van der Waals surface area contributed by atoms with Crippen LogP contribution >= 0.6 is 11.8 Å². The molecule has 17 heavy (non-hydrogen) atoms. The molecule has 2 fully saturated rings. The largest absolute Gasteiger partial charge is 0.480 e. The van der Waals surface area contributed by atoms with Crippen molar-refractivity contribution in [3.05, 3.63) is 0 Å². The van der Waals surface area contributed by atoms with Crippen LogP contribution in [-0.4, -0.2) is 58.7 Å². The normalized spacial score (nSPS) is 30.0. The van der Waals surface area contributed by atoms with E-state index in [1.54, 1.807) is 11.8 Å². The average molecular weight is 259 g/mol. The molecule has 0 aromatic rings. The fourth-order valence-corrected chi connectivity index (χ4v) is 3.23. The first-order chi connectivity index (χ1) is 8.20. The van der Waals surface area contributed by atoms with E-state index in [-0.39, 0.29) is 5.91 Å². The number of rotatable bonds is 2. The maximum atomic E-state index is 12.2. The molecule has 5 nitrogen and oxygen atoms in total. The van der Waals surface area contributed by atoms with Crippen LogP contribution < -0.4 is 0 Å². The van der Waals surface area contributed by atoms with E-state index in [4.69, 9.17) is 9.84 Å². The highest BCUT2D eigenvalue weighted by Crippen LogP contribution is 2.21. The summed E-state index contributed by atoms with van der Waals surface area (Å²) in [7, 11) is 0. The van der Waals surface area contributed by atoms with E-state index in [2.05, 4.69) is 0 Å². The smallest absolute Gasteiger partial charge is 0.327 e. The minimum absolute atomic E-state index is 0.141. The van der Waals surface area contributed by atoms with Crippen LogP contribution in [-0.2, 0) is 14.3 Å². The summed E-state index contributed by atoms with van der Waals surface area (Å²) in [6.45, 7) is 1.12. The van der Waals surface area contributed by atoms with Crippen LogP contribution in [0.5, 0.6) is 0 Å². The van der Waals surface area contributed by atoms with Crippen LogP contribution in [0.15, 0.2) is 0 Å². The number of carboxylic acid groups (broad SMARTS) is 1. The maximum absolute atomic E-state index is 12.2. The van der Waals surface area contributed by atoms with Gasteiger partial charge in [0.25, 0.3) is 5.91 Å². The summed E-state index contributed by atoms with van der Waals surface area (Å²) in [4.78, 5) is 24.8. The van der Waals surface area contributed by atoms with Crippen molar-refractivity contribution in [2.75, 3.05) is 24.7 Å². The molecule has 0 bridgehead atoms. The molecule has 6 heteroatoms. The van der Waals surface area contributed by atoms with Gasteiger partial charge in [-0.3, -0.25) is 4.79 Å². The molecular formula is C11H17NO4S. The van der Waals surface area contributed by atoms with Crippen molar-refractivity contribution >= 4 is 23.6 Å². The molecule has 0 aliphatic carbocycles. The first-order valence-electron chi connectivity index (χ1n) is 5.93. The van der Waals surface area contributed by atoms with Gasteiger partial charge in [-0.2, -0.15) is 11.8 Å². The lowest BCUT2D eigenvalue weighted by Crippen LogP contribution is -2.54. The number of nitrogens with zero attached hydrogens (tertiary/aromatic N) is 1. The minimum atomic E-state index is -0.915. The highest BCUT2D eigenvalue weighted by molar-refractivity contribution is 7.99. The molecule has 0 radical (unpaired) electrons. The third kappa shape index (κ3) is 2.93. The highest BCUT2D eigenvalue weighted by Gasteiger charge is 2.36. The molecule has 2 aliphatic rings. The van der Waals surface area contributed by atoms with Gasteiger partial charge in [0, 0.05) is 24.7 Å². The molecule has 1 amide bonds. The standard InChI is InChI=1S/C11H17NO4S/c13-10(9-3-1-2-5-16-9)12-4-6-17-7-8(12)11(14)15/h8-9H,1-7H2,(H,14,15). The van der Waals surface area contributed by atoms with Crippen LogP contribution in [0.4, 0.5) is 0 Å². The zero-order chi connectivity index (χ0) is 12.3. The van der Waals surface area contributed by atoms with E-state index >= 15 is 0 Å². The quantitative estimate of drug-likeness (QED) is 0.786. The fraction of sp³-hybridized carbons (Fsp3) is 0.818. The SMILES string of the molecule is O=C(O)C1CSCCN1C(=O)C1CCCCO1. The van der Waals surface area contributed by atoms with Gasteiger partial charge in [-0.1, -0.05) is 0 Å². The number of hydrogen-bond donors (Lipinski definition) is 1. The summed E-state index contributed by atoms with van der Waals surface area (Å²) in [5.41, 5.74) is 0. The van der Waals surface area contributed by atoms with Gasteiger partial charge in [0.2, 0.25) is 0 Å². The maximum Gasteiger partial charge on any atom is 0.327 e. The lowest BCUT2D eigenvalue weighted by Gasteiger charge is -2.35. The second kappa shape index (κ2) is 5.73. The van der Waals surface area contributed by atoms with Gasteiger partial charge in [-0.25, -0.2) is 4.79 Å². The Kier molecular flexibility index (Phi) is 4.28. The topological polar surface area (TPSA) is 66.8 Å². The van der Waals surface area contributed by atoms with Crippen LogP contribution in [0.2, 0.25) is 0 Å². The summed E-state index contributed by atoms with van der Waals surface area (Å²) in [6, 6.07) is -0.688. The van der Waals surface area contributed by atoms with Crippen molar-refractivity contribution in [2.45, 2.75) is 31.4 Å². The predicted molar refractivity (Wildman–Crippen MR) is 64.1 cm³/mol. The van der Waals surface area contributed by atoms with E-state index in [1.807, 2.05) is 0 Å². The Bertz CT molecular complexity index is 304. The average Bonchev–Trinajstić information content (AvgIpc) is 2.39. The first-order valence-corrected chi connectivity index (χ1v) is 7.08. The van der Waals surface area contributed by atoms with Crippen molar-refractivity contribution in [2.24, 2.45) is 0 Å². The molecule has 96 valence electrons. The van der Waals surface area contributed by atoms with E-state index < -0.39 is 18.1 Å². The van der Waals surface area contributed by atoms with Crippen molar-refractivity contribution in [1.29, 1.82) is 0 Å². The van der Waals surface area contributed by atoms with Crippen molar-refractivity contribution < 1.29 is 19.4 Å². The van der Waals surface area contributed by atoms with Crippen molar-refractivity contribution in [3.63, 3.8) is 0 Å². The Labute approximate surface area is 104 Å². The second-order valence-corrected chi connectivity index (χ2v) is 5.47. The van der Waals surface area contributed by atoms with Crippen LogP contribution in [0.25, 0.3) is 0 Å². The molecule has 0 aromatic carbocycles. The molecule has 0 spiro atoms. The molecule has 2 unspecified atom stereocenters. The van der Waals surface area contributed by atoms with Gasteiger partial charge in [0.1, 0.15) is 12.1 Å². The minimum Gasteiger partial charge on any atom is -0.480 e. The zero-order valence-electron chi connectivity index (χ0n) is 9.63. The van der Waals surface area contributed by atoms with E-state index in [9.17, 15) is 9.59 Å². The second-order valence-electron chi connectivity index (χ2n) is 4.32. The van der Waals surface area contributed by atoms with Crippen LogP contribution in [0.3, 0.4) is 0 Å². The molecule has 1 N–H and O–H groups in total. The fourth-order valence-electron chi connectivity index (χ4n) is 2.19. The summed E-state index contributed by atoms with van der Waals surface area (Å²) in [5.74, 6) is 0.231. The zero-order valence-corrected chi connectivity index (χ0v) is 10.4. The van der Waals surface area contributed by atoms with Crippen molar-refractivity contribution in [3.8, 4) is 0 Å². The van der Waals surface area contributed by atoms with Gasteiger partial charge in [0.05, 0.1) is 0 Å². The van der Waals surface area contributed by atoms with Gasteiger partial charge >= 0.3 is 5.97 Å². The molecule has 2 saturated heterocycles. The number of aliphatic carboxylic acids is 1. The Hall–Kier alpha value is -0.750. The molecular weight excluding hydrogens is 242 g/mol. The number of amides is 1. The number of carbonyl (C=O) groups excluding carboxylic acids is 1. The number of thioether (sulfide) groups is 1. The van der Waals surface area contributed by atoms with Gasteiger partial charge in [0.15, 0.2) is 0 Å². The molecule has 2 atom stereocenters. The summed E-state index contributed by atoms with van der Waals surface area (Å²) >= 11 is 1.58. The Balaban J connectivity index is 2.02. The highest BCUT2D eigenvalue weighted by atomic mass is 32.2. The molecule has 0 saturated carbocycles. The van der Waals surface area contributed by atoms with Crippen LogP contribution in [0.1, 0.15) is 19.3 Å². The molecule has 2 rings (SSSR count). The number of ether oxygens (including phenoxy) is 1. The summed E-state index contributed by atoms with van der Waals surface area (Å²) < 4.78 is 5.43. The first kappa shape index (κ1) is 12.7. The third-order valence-electron chi connectivity index (χ3n) is 3.15. The lowest BCUT2D eigenvalue weighted by molar-refractivity contribution is -0.156. The molecule has 0 aromatic heterocycles.